The molecule has 0 aliphatic heterocycles. The van der Waals surface area contributed by atoms with E-state index in [4.69, 9.17) is 10.00 Å². The van der Waals surface area contributed by atoms with Crippen LogP contribution in [0, 0.1) is 24.1 Å². The van der Waals surface area contributed by atoms with Gasteiger partial charge in [0.25, 0.3) is 0 Å². The van der Waals surface area contributed by atoms with E-state index in [-0.39, 0.29) is 18.5 Å². The Bertz CT molecular complexity index is 647. The molecular weight excluding hydrogens is 267 g/mol. The lowest BCUT2D eigenvalue weighted by atomic mass is 10.1. The minimum Gasteiger partial charge on any atom is -0.479 e. The third-order valence-corrected chi connectivity index (χ3v) is 3.18. The fraction of sp³-hybridized carbons (Fsp3) is 0.235. The van der Waals surface area contributed by atoms with Gasteiger partial charge in [-0.2, -0.15) is 5.26 Å². The third-order valence-electron chi connectivity index (χ3n) is 3.18. The summed E-state index contributed by atoms with van der Waals surface area (Å²) in [6, 6.07) is 14.4. The summed E-state index contributed by atoms with van der Waals surface area (Å²) in [6.07, 6.45) is 0. The predicted molar refractivity (Wildman–Crippen MR) is 80.7 cm³/mol. The highest BCUT2D eigenvalue weighted by molar-refractivity contribution is 5.48. The van der Waals surface area contributed by atoms with E-state index in [1.807, 2.05) is 38.1 Å². The van der Waals surface area contributed by atoms with Crippen LogP contribution < -0.4 is 10.1 Å². The molecular formula is C17H17FN2O. The number of nitrogens with one attached hydrogen (secondary N) is 1. The zero-order chi connectivity index (χ0) is 15.2. The minimum atomic E-state index is -0.254. The summed E-state index contributed by atoms with van der Waals surface area (Å²) in [7, 11) is 0. The van der Waals surface area contributed by atoms with Crippen LogP contribution >= 0.6 is 0 Å². The van der Waals surface area contributed by atoms with Crippen LogP contribution in [0.25, 0.3) is 0 Å². The monoisotopic (exact) mass is 284 g/mol. The lowest BCUT2D eigenvalue weighted by molar-refractivity contribution is 0.368. The van der Waals surface area contributed by atoms with Crippen molar-refractivity contribution in [2.24, 2.45) is 0 Å². The maximum Gasteiger partial charge on any atom is 0.174 e. The smallest absolute Gasteiger partial charge is 0.174 e. The van der Waals surface area contributed by atoms with Gasteiger partial charge >= 0.3 is 0 Å². The SMILES string of the molecule is Cc1ccc(NC(C)c2ccc(OCC#N)cc2)c(F)c1. The van der Waals surface area contributed by atoms with Crippen LogP contribution in [0.15, 0.2) is 42.5 Å². The summed E-state index contributed by atoms with van der Waals surface area (Å²) in [4.78, 5) is 0. The molecule has 0 fully saturated rings. The van der Waals surface area contributed by atoms with Gasteiger partial charge in [-0.25, -0.2) is 4.39 Å². The van der Waals surface area contributed by atoms with Gasteiger partial charge in [0.15, 0.2) is 6.61 Å². The molecule has 0 aromatic heterocycles. The number of nitriles is 1. The number of nitrogens with zero attached hydrogens (tertiary/aromatic N) is 1. The van der Waals surface area contributed by atoms with Gasteiger partial charge < -0.3 is 10.1 Å². The van der Waals surface area contributed by atoms with E-state index in [0.29, 0.717) is 11.4 Å². The van der Waals surface area contributed by atoms with Crippen molar-refractivity contribution in [2.75, 3.05) is 11.9 Å². The fourth-order valence-electron chi connectivity index (χ4n) is 2.02. The first-order chi connectivity index (χ1) is 10.1. The van der Waals surface area contributed by atoms with Gasteiger partial charge in [-0.1, -0.05) is 18.2 Å². The van der Waals surface area contributed by atoms with E-state index in [0.717, 1.165) is 11.1 Å². The molecule has 2 aromatic rings. The van der Waals surface area contributed by atoms with Crippen LogP contribution in [0.5, 0.6) is 5.75 Å². The molecule has 0 amide bonds. The number of anilines is 1. The normalized spacial score (nSPS) is 11.5. The maximum absolute atomic E-state index is 13.8. The van der Waals surface area contributed by atoms with Crippen molar-refractivity contribution in [3.8, 4) is 11.8 Å². The summed E-state index contributed by atoms with van der Waals surface area (Å²) in [6.45, 7) is 3.85. The van der Waals surface area contributed by atoms with Gasteiger partial charge in [0.1, 0.15) is 17.6 Å². The van der Waals surface area contributed by atoms with Crippen molar-refractivity contribution < 1.29 is 9.13 Å². The minimum absolute atomic E-state index is 0.0295. The number of halogens is 1. The predicted octanol–water partition coefficient (Wildman–Crippen LogP) is 4.21. The van der Waals surface area contributed by atoms with Crippen molar-refractivity contribution in [2.45, 2.75) is 19.9 Å². The zero-order valence-corrected chi connectivity index (χ0v) is 12.1. The average molecular weight is 284 g/mol. The molecule has 21 heavy (non-hydrogen) atoms. The van der Waals surface area contributed by atoms with Crippen LogP contribution in [-0.4, -0.2) is 6.61 Å². The standard InChI is InChI=1S/C17H17FN2O/c1-12-3-8-17(16(18)11-12)20-13(2)14-4-6-15(7-5-14)21-10-9-19/h3-8,11,13,20H,10H2,1-2H3. The van der Waals surface area contributed by atoms with Crippen LogP contribution in [-0.2, 0) is 0 Å². The molecule has 3 nitrogen and oxygen atoms in total. The number of ether oxygens (including phenoxy) is 1. The number of rotatable bonds is 5. The van der Waals surface area contributed by atoms with Crippen molar-refractivity contribution >= 4 is 5.69 Å². The summed E-state index contributed by atoms with van der Waals surface area (Å²) >= 11 is 0. The molecule has 2 aromatic carbocycles. The van der Waals surface area contributed by atoms with Crippen LogP contribution in [0.2, 0.25) is 0 Å². The molecule has 0 spiro atoms. The zero-order valence-electron chi connectivity index (χ0n) is 12.1. The van der Waals surface area contributed by atoms with Crippen molar-refractivity contribution in [3.05, 3.63) is 59.4 Å². The molecule has 1 unspecified atom stereocenters. The fourth-order valence-corrected chi connectivity index (χ4v) is 2.02. The topological polar surface area (TPSA) is 45.0 Å². The summed E-state index contributed by atoms with van der Waals surface area (Å²) in [5, 5.41) is 11.6. The van der Waals surface area contributed by atoms with E-state index in [1.54, 1.807) is 18.2 Å². The number of hydrogen-bond donors (Lipinski definition) is 1. The second-order valence-electron chi connectivity index (χ2n) is 4.87. The number of benzene rings is 2. The Morgan fingerprint density at radius 3 is 2.57 bits per heavy atom. The third kappa shape index (κ3) is 3.96. The molecule has 0 aliphatic carbocycles. The Labute approximate surface area is 124 Å². The van der Waals surface area contributed by atoms with E-state index < -0.39 is 0 Å². The van der Waals surface area contributed by atoms with Gasteiger partial charge in [0.05, 0.1) is 5.69 Å². The van der Waals surface area contributed by atoms with Crippen LogP contribution in [0.4, 0.5) is 10.1 Å². The second-order valence-corrected chi connectivity index (χ2v) is 4.87. The Hall–Kier alpha value is -2.54. The second kappa shape index (κ2) is 6.76. The maximum atomic E-state index is 13.8. The Kier molecular flexibility index (Phi) is 4.78. The van der Waals surface area contributed by atoms with Gasteiger partial charge in [-0.3, -0.25) is 0 Å². The molecule has 108 valence electrons. The lowest BCUT2D eigenvalue weighted by Gasteiger charge is -2.17. The van der Waals surface area contributed by atoms with Crippen LogP contribution in [0.3, 0.4) is 0 Å². The van der Waals surface area contributed by atoms with Gasteiger partial charge in [0, 0.05) is 6.04 Å². The average Bonchev–Trinajstić information content (AvgIpc) is 2.48. The largest absolute Gasteiger partial charge is 0.479 e. The Balaban J connectivity index is 2.06. The number of aryl methyl sites for hydroxylation is 1. The molecule has 2 rings (SSSR count). The molecule has 0 aliphatic rings. The number of hydrogen-bond acceptors (Lipinski definition) is 3. The van der Waals surface area contributed by atoms with Crippen molar-refractivity contribution in [1.82, 2.24) is 0 Å². The highest BCUT2D eigenvalue weighted by Crippen LogP contribution is 2.24. The first kappa shape index (κ1) is 14.9. The molecule has 0 saturated heterocycles. The van der Waals surface area contributed by atoms with Crippen molar-refractivity contribution in [1.29, 1.82) is 5.26 Å². The molecule has 0 heterocycles. The highest BCUT2D eigenvalue weighted by Gasteiger charge is 2.09. The lowest BCUT2D eigenvalue weighted by Crippen LogP contribution is -2.08. The van der Waals surface area contributed by atoms with E-state index in [9.17, 15) is 4.39 Å². The molecule has 0 bridgehead atoms. The van der Waals surface area contributed by atoms with Gasteiger partial charge in [-0.05, 0) is 49.2 Å². The first-order valence-electron chi connectivity index (χ1n) is 6.72. The molecule has 0 saturated carbocycles. The molecule has 1 atom stereocenters. The summed E-state index contributed by atoms with van der Waals surface area (Å²) < 4.78 is 19.0. The van der Waals surface area contributed by atoms with Crippen molar-refractivity contribution in [3.63, 3.8) is 0 Å². The highest BCUT2D eigenvalue weighted by atomic mass is 19.1. The summed E-state index contributed by atoms with van der Waals surface area (Å²) in [5.41, 5.74) is 2.39. The Morgan fingerprint density at radius 2 is 1.95 bits per heavy atom. The van der Waals surface area contributed by atoms with E-state index in [2.05, 4.69) is 5.32 Å². The Morgan fingerprint density at radius 1 is 1.24 bits per heavy atom. The van der Waals surface area contributed by atoms with Crippen LogP contribution in [0.1, 0.15) is 24.1 Å². The van der Waals surface area contributed by atoms with Gasteiger partial charge in [0.2, 0.25) is 0 Å². The summed E-state index contributed by atoms with van der Waals surface area (Å²) in [5.74, 6) is 0.393. The molecule has 1 N–H and O–H groups in total. The van der Waals surface area contributed by atoms with Gasteiger partial charge in [-0.15, -0.1) is 0 Å². The molecule has 0 radical (unpaired) electrons. The van der Waals surface area contributed by atoms with E-state index >= 15 is 0 Å². The molecule has 4 heteroatoms. The quantitative estimate of drug-likeness (QED) is 0.894. The van der Waals surface area contributed by atoms with E-state index in [1.165, 1.54) is 6.07 Å². The first-order valence-corrected chi connectivity index (χ1v) is 6.72.